The summed E-state index contributed by atoms with van der Waals surface area (Å²) in [4.78, 5) is 23.1. The third kappa shape index (κ3) is 3.01. The lowest BCUT2D eigenvalue weighted by molar-refractivity contribution is -0.138. The van der Waals surface area contributed by atoms with Gasteiger partial charge in [0.05, 0.1) is 6.42 Å². The van der Waals surface area contributed by atoms with Gasteiger partial charge in [0.1, 0.15) is 0 Å². The minimum atomic E-state index is -0.944. The Kier molecular flexibility index (Phi) is 3.83. The van der Waals surface area contributed by atoms with Crippen molar-refractivity contribution in [2.45, 2.75) is 32.2 Å². The molecule has 0 bridgehead atoms. The average Bonchev–Trinajstić information content (AvgIpc) is 2.84. The van der Waals surface area contributed by atoms with Crippen LogP contribution in [0.3, 0.4) is 0 Å². The van der Waals surface area contributed by atoms with Crippen molar-refractivity contribution in [2.24, 2.45) is 0 Å². The van der Waals surface area contributed by atoms with Gasteiger partial charge in [-0.15, -0.1) is 0 Å². The summed E-state index contributed by atoms with van der Waals surface area (Å²) >= 11 is 0. The summed E-state index contributed by atoms with van der Waals surface area (Å²) in [7, 11) is 0. The first-order chi connectivity index (χ1) is 9.43. The molecule has 1 aliphatic heterocycles. The van der Waals surface area contributed by atoms with Gasteiger partial charge in [0.25, 0.3) is 5.91 Å². The summed E-state index contributed by atoms with van der Waals surface area (Å²) in [5, 5.41) is 11.7. The highest BCUT2D eigenvalue weighted by Gasteiger charge is 2.28. The highest BCUT2D eigenvalue weighted by atomic mass is 16.7. The van der Waals surface area contributed by atoms with Gasteiger partial charge < -0.3 is 19.9 Å². The molecule has 108 valence electrons. The summed E-state index contributed by atoms with van der Waals surface area (Å²) < 4.78 is 10.4. The fourth-order valence-electron chi connectivity index (χ4n) is 1.98. The Morgan fingerprint density at radius 1 is 1.35 bits per heavy atom. The zero-order valence-electron chi connectivity index (χ0n) is 11.4. The van der Waals surface area contributed by atoms with Crippen LogP contribution >= 0.6 is 0 Å². The van der Waals surface area contributed by atoms with E-state index >= 15 is 0 Å². The van der Waals surface area contributed by atoms with Crippen LogP contribution in [0.25, 0.3) is 0 Å². The van der Waals surface area contributed by atoms with Crippen molar-refractivity contribution in [1.82, 2.24) is 5.32 Å². The minimum Gasteiger partial charge on any atom is -0.481 e. The Hall–Kier alpha value is -2.24. The molecule has 2 N–H and O–H groups in total. The maximum absolute atomic E-state index is 12.2. The van der Waals surface area contributed by atoms with Crippen molar-refractivity contribution < 1.29 is 24.2 Å². The van der Waals surface area contributed by atoms with Gasteiger partial charge in [-0.05, 0) is 31.5 Å². The Bertz CT molecular complexity index is 542. The van der Waals surface area contributed by atoms with E-state index in [0.29, 0.717) is 23.5 Å². The predicted molar refractivity (Wildman–Crippen MR) is 71.0 cm³/mol. The van der Waals surface area contributed by atoms with Crippen molar-refractivity contribution in [3.8, 4) is 11.5 Å². The smallest absolute Gasteiger partial charge is 0.305 e. The topological polar surface area (TPSA) is 84.9 Å². The van der Waals surface area contributed by atoms with Gasteiger partial charge in [-0.3, -0.25) is 9.59 Å². The molecule has 20 heavy (non-hydrogen) atoms. The quantitative estimate of drug-likeness (QED) is 0.858. The van der Waals surface area contributed by atoms with Crippen LogP contribution in [0.4, 0.5) is 0 Å². The maximum atomic E-state index is 12.2. The lowest BCUT2D eigenvalue weighted by Crippen LogP contribution is -2.47. The van der Waals surface area contributed by atoms with Gasteiger partial charge in [0.2, 0.25) is 6.79 Å². The second-order valence-corrected chi connectivity index (χ2v) is 5.01. The van der Waals surface area contributed by atoms with Crippen LogP contribution < -0.4 is 14.8 Å². The molecule has 1 amide bonds. The number of fused-ring (bicyclic) bond motifs is 1. The molecule has 0 radical (unpaired) electrons. The summed E-state index contributed by atoms with van der Waals surface area (Å²) in [6.45, 7) is 3.70. The second kappa shape index (κ2) is 5.40. The van der Waals surface area contributed by atoms with Gasteiger partial charge >= 0.3 is 5.97 Å². The van der Waals surface area contributed by atoms with Crippen molar-refractivity contribution in [3.63, 3.8) is 0 Å². The van der Waals surface area contributed by atoms with E-state index in [1.807, 2.05) is 6.92 Å². The molecule has 0 aliphatic carbocycles. The number of nitrogens with one attached hydrogen (secondary N) is 1. The average molecular weight is 279 g/mol. The maximum Gasteiger partial charge on any atom is 0.305 e. The molecule has 1 aromatic rings. The Labute approximate surface area is 116 Å². The van der Waals surface area contributed by atoms with E-state index in [0.717, 1.165) is 0 Å². The van der Waals surface area contributed by atoms with Gasteiger partial charge in [0, 0.05) is 11.1 Å². The van der Waals surface area contributed by atoms with E-state index in [2.05, 4.69) is 5.32 Å². The van der Waals surface area contributed by atoms with Crippen molar-refractivity contribution >= 4 is 11.9 Å². The Morgan fingerprint density at radius 2 is 2.05 bits per heavy atom. The molecule has 0 saturated carbocycles. The number of aliphatic carboxylic acids is 1. The first-order valence-corrected chi connectivity index (χ1v) is 6.37. The number of carbonyl (C=O) groups is 2. The third-order valence-electron chi connectivity index (χ3n) is 3.37. The van der Waals surface area contributed by atoms with Crippen LogP contribution in [-0.2, 0) is 4.79 Å². The zero-order chi connectivity index (χ0) is 14.8. The lowest BCUT2D eigenvalue weighted by atomic mass is 9.94. The van der Waals surface area contributed by atoms with E-state index in [-0.39, 0.29) is 19.1 Å². The molecule has 0 saturated heterocycles. The minimum absolute atomic E-state index is 0.125. The molecule has 1 aliphatic rings. The molecule has 1 atom stereocenters. The fraction of sp³-hybridized carbons (Fsp3) is 0.429. The number of rotatable bonds is 5. The molecule has 6 heteroatoms. The largest absolute Gasteiger partial charge is 0.481 e. The highest BCUT2D eigenvalue weighted by Crippen LogP contribution is 2.32. The number of ether oxygens (including phenoxy) is 2. The number of carboxylic acid groups (broad SMARTS) is 1. The Balaban J connectivity index is 2.13. The van der Waals surface area contributed by atoms with Gasteiger partial charge in [-0.1, -0.05) is 6.92 Å². The number of benzene rings is 1. The van der Waals surface area contributed by atoms with Crippen molar-refractivity contribution in [2.75, 3.05) is 6.79 Å². The second-order valence-electron chi connectivity index (χ2n) is 5.01. The Morgan fingerprint density at radius 3 is 2.70 bits per heavy atom. The van der Waals surface area contributed by atoms with Crippen molar-refractivity contribution in [1.29, 1.82) is 0 Å². The number of carboxylic acids is 1. The zero-order valence-corrected chi connectivity index (χ0v) is 11.4. The van der Waals surface area contributed by atoms with Crippen LogP contribution in [-0.4, -0.2) is 29.3 Å². The third-order valence-corrected chi connectivity index (χ3v) is 3.37. The summed E-state index contributed by atoms with van der Waals surface area (Å²) in [6, 6.07) is 4.88. The molecular weight excluding hydrogens is 262 g/mol. The van der Waals surface area contributed by atoms with Gasteiger partial charge in [0.15, 0.2) is 11.5 Å². The standard InChI is InChI=1S/C14H17NO5/c1-3-14(2,7-12(16)17)15-13(18)9-4-5-10-11(6-9)20-8-19-10/h4-6H,3,7-8H2,1-2H3,(H,15,18)(H,16,17)/t14-/m1/s1. The number of carbonyl (C=O) groups excluding carboxylic acids is 1. The van der Waals surface area contributed by atoms with Gasteiger partial charge in [-0.25, -0.2) is 0 Å². The molecule has 6 nitrogen and oxygen atoms in total. The SMILES string of the molecule is CC[C@](C)(CC(=O)O)NC(=O)c1ccc2c(c1)OCO2. The summed E-state index contributed by atoms with van der Waals surface area (Å²) in [5.74, 6) is -0.145. The van der Waals surface area contributed by atoms with Crippen molar-refractivity contribution in [3.05, 3.63) is 23.8 Å². The van der Waals surface area contributed by atoms with E-state index < -0.39 is 11.5 Å². The molecule has 2 rings (SSSR count). The first-order valence-electron chi connectivity index (χ1n) is 6.37. The van der Waals surface area contributed by atoms with Gasteiger partial charge in [-0.2, -0.15) is 0 Å². The number of hydrogen-bond donors (Lipinski definition) is 2. The molecule has 1 aromatic carbocycles. The first kappa shape index (κ1) is 14.2. The van der Waals surface area contributed by atoms with E-state index in [1.165, 1.54) is 0 Å². The summed E-state index contributed by atoms with van der Waals surface area (Å²) in [5.41, 5.74) is -0.362. The van der Waals surface area contributed by atoms with E-state index in [9.17, 15) is 9.59 Å². The van der Waals surface area contributed by atoms with Crippen LogP contribution in [0.15, 0.2) is 18.2 Å². The fourth-order valence-corrected chi connectivity index (χ4v) is 1.98. The van der Waals surface area contributed by atoms with E-state index in [4.69, 9.17) is 14.6 Å². The number of amides is 1. The normalized spacial score (nSPS) is 15.5. The van der Waals surface area contributed by atoms with Crippen LogP contribution in [0.1, 0.15) is 37.0 Å². The molecule has 0 fully saturated rings. The highest BCUT2D eigenvalue weighted by molar-refractivity contribution is 5.95. The van der Waals surface area contributed by atoms with E-state index in [1.54, 1.807) is 25.1 Å². The molecular formula is C14H17NO5. The molecule has 0 unspecified atom stereocenters. The summed E-state index contributed by atoms with van der Waals surface area (Å²) in [6.07, 6.45) is 0.398. The van der Waals surface area contributed by atoms with Crippen LogP contribution in [0.2, 0.25) is 0 Å². The number of hydrogen-bond acceptors (Lipinski definition) is 4. The molecule has 1 heterocycles. The molecule has 0 spiro atoms. The molecule has 0 aromatic heterocycles. The van der Waals surface area contributed by atoms with Crippen LogP contribution in [0.5, 0.6) is 11.5 Å². The monoisotopic (exact) mass is 279 g/mol. The lowest BCUT2D eigenvalue weighted by Gasteiger charge is -2.27. The predicted octanol–water partition coefficient (Wildman–Crippen LogP) is 1.79. The van der Waals surface area contributed by atoms with Crippen LogP contribution in [0, 0.1) is 0 Å².